The van der Waals surface area contributed by atoms with Crippen LogP contribution in [0.3, 0.4) is 0 Å². The molecule has 0 spiro atoms. The Balaban J connectivity index is 0. The van der Waals surface area contributed by atoms with E-state index in [4.69, 9.17) is 0 Å². The Hall–Kier alpha value is 1.26. The summed E-state index contributed by atoms with van der Waals surface area (Å²) >= 11 is 4.17. The fourth-order valence-electron chi connectivity index (χ4n) is 1.80. The average molecular weight is 304 g/mol. The molecule has 0 radical (unpaired) electrons. The van der Waals surface area contributed by atoms with Crippen LogP contribution in [0.5, 0.6) is 0 Å². The monoisotopic (exact) mass is 304 g/mol. The first kappa shape index (κ1) is 21.6. The van der Waals surface area contributed by atoms with Crippen molar-refractivity contribution in [2.24, 2.45) is 0 Å². The maximum atomic E-state index is 10.3. The van der Waals surface area contributed by atoms with E-state index in [0.717, 1.165) is 25.0 Å². The fourth-order valence-corrected chi connectivity index (χ4v) is 2.59. The van der Waals surface area contributed by atoms with Gasteiger partial charge in [0, 0.05) is 5.75 Å². The van der Waals surface area contributed by atoms with Crippen molar-refractivity contribution in [3.8, 4) is 0 Å². The first-order valence-corrected chi connectivity index (χ1v) is 8.81. The molecule has 6 heteroatoms. The van der Waals surface area contributed by atoms with Gasteiger partial charge < -0.3 is 4.55 Å². The van der Waals surface area contributed by atoms with Gasteiger partial charge in [-0.3, -0.25) is 0 Å². The topological polar surface area (TPSA) is 57.2 Å². The van der Waals surface area contributed by atoms with Gasteiger partial charge in [-0.15, -0.1) is 0 Å². The third-order valence-corrected chi connectivity index (χ3v) is 3.91. The minimum atomic E-state index is -3.99. The van der Waals surface area contributed by atoms with Gasteiger partial charge >= 0.3 is 29.6 Å². The smallest absolute Gasteiger partial charge is 0.748 e. The molecular formula is C12H25NaO3S2. The quantitative estimate of drug-likeness (QED) is 0.245. The maximum absolute atomic E-state index is 10.3. The van der Waals surface area contributed by atoms with Gasteiger partial charge in [0.25, 0.3) is 0 Å². The zero-order chi connectivity index (χ0) is 13.0. The first-order valence-electron chi connectivity index (χ1n) is 6.60. The van der Waals surface area contributed by atoms with Crippen molar-refractivity contribution in [1.82, 2.24) is 0 Å². The van der Waals surface area contributed by atoms with E-state index in [2.05, 4.69) is 12.6 Å². The summed E-state index contributed by atoms with van der Waals surface area (Å²) in [5.74, 6) is 0.791. The van der Waals surface area contributed by atoms with E-state index in [-0.39, 0.29) is 35.3 Å². The van der Waals surface area contributed by atoms with E-state index in [9.17, 15) is 13.0 Å². The Morgan fingerprint density at radius 1 is 0.722 bits per heavy atom. The van der Waals surface area contributed by atoms with Crippen molar-refractivity contribution in [2.45, 2.75) is 64.2 Å². The van der Waals surface area contributed by atoms with E-state index in [1.807, 2.05) is 0 Å². The predicted molar refractivity (Wildman–Crippen MR) is 74.6 cm³/mol. The normalized spacial score (nSPS) is 11.2. The Bertz CT molecular complexity index is 256. The summed E-state index contributed by atoms with van der Waals surface area (Å²) in [6.45, 7) is 0. The van der Waals surface area contributed by atoms with Crippen LogP contribution in [-0.2, 0) is 10.1 Å². The number of hydrogen-bond donors (Lipinski definition) is 1. The van der Waals surface area contributed by atoms with Gasteiger partial charge in [0.1, 0.15) is 0 Å². The Morgan fingerprint density at radius 3 is 1.39 bits per heavy atom. The van der Waals surface area contributed by atoms with Crippen LogP contribution in [0.25, 0.3) is 0 Å². The van der Waals surface area contributed by atoms with Gasteiger partial charge in [0.05, 0.1) is 10.1 Å². The Morgan fingerprint density at radius 2 is 1.06 bits per heavy atom. The van der Waals surface area contributed by atoms with Crippen LogP contribution in [-0.4, -0.2) is 24.5 Å². The standard InChI is InChI=1S/C12H26O3S2.Na/c13-17(14,15)12-10-8-6-4-2-1-3-5-7-9-11-16;/h16H,1-12H2,(H,13,14,15);/q;+1/p-1. The largest absolute Gasteiger partial charge is 1.00 e. The van der Waals surface area contributed by atoms with Crippen molar-refractivity contribution in [1.29, 1.82) is 0 Å². The van der Waals surface area contributed by atoms with E-state index >= 15 is 0 Å². The number of thiol groups is 1. The van der Waals surface area contributed by atoms with Crippen molar-refractivity contribution >= 4 is 22.7 Å². The van der Waals surface area contributed by atoms with Crippen LogP contribution in [0.15, 0.2) is 0 Å². The van der Waals surface area contributed by atoms with Gasteiger partial charge in [-0.05, 0) is 18.6 Å². The van der Waals surface area contributed by atoms with Crippen LogP contribution in [0.2, 0.25) is 0 Å². The van der Waals surface area contributed by atoms with Crippen molar-refractivity contribution in [2.75, 3.05) is 11.5 Å². The van der Waals surface area contributed by atoms with Crippen molar-refractivity contribution in [3.63, 3.8) is 0 Å². The van der Waals surface area contributed by atoms with Crippen LogP contribution < -0.4 is 29.6 Å². The predicted octanol–water partition coefficient (Wildman–Crippen LogP) is 0.366. The molecule has 0 aliphatic carbocycles. The minimum absolute atomic E-state index is 0. The molecule has 0 amide bonds. The molecule has 104 valence electrons. The molecule has 0 bridgehead atoms. The summed E-state index contributed by atoms with van der Waals surface area (Å²) in [6, 6.07) is 0. The second-order valence-corrected chi connectivity index (χ2v) is 6.49. The zero-order valence-corrected chi connectivity index (χ0v) is 15.3. The molecule has 0 aliphatic rings. The average Bonchev–Trinajstić information content (AvgIpc) is 2.24. The maximum Gasteiger partial charge on any atom is 1.00 e. The van der Waals surface area contributed by atoms with E-state index in [1.54, 1.807) is 0 Å². The summed E-state index contributed by atoms with van der Waals surface area (Å²) in [7, 11) is -3.99. The second kappa shape index (κ2) is 14.7. The van der Waals surface area contributed by atoms with E-state index in [0.29, 0.717) is 6.42 Å². The van der Waals surface area contributed by atoms with Gasteiger partial charge in [-0.2, -0.15) is 12.6 Å². The summed E-state index contributed by atoms with van der Waals surface area (Å²) < 4.78 is 31.0. The Kier molecular flexibility index (Phi) is 17.6. The molecule has 0 saturated heterocycles. The summed E-state index contributed by atoms with van der Waals surface area (Å²) in [5, 5.41) is 0. The fraction of sp³-hybridized carbons (Fsp3) is 1.00. The second-order valence-electron chi connectivity index (χ2n) is 4.52. The number of unbranched alkanes of at least 4 members (excludes halogenated alkanes) is 9. The molecule has 0 saturated carbocycles. The molecule has 0 heterocycles. The first-order chi connectivity index (χ1) is 8.06. The molecule has 0 atom stereocenters. The van der Waals surface area contributed by atoms with Gasteiger partial charge in [0.2, 0.25) is 0 Å². The van der Waals surface area contributed by atoms with Gasteiger partial charge in [-0.25, -0.2) is 8.42 Å². The molecule has 0 fully saturated rings. The Labute approximate surface area is 140 Å². The van der Waals surface area contributed by atoms with Crippen molar-refractivity contribution in [3.05, 3.63) is 0 Å². The third kappa shape index (κ3) is 19.6. The number of rotatable bonds is 12. The number of hydrogen-bond acceptors (Lipinski definition) is 4. The van der Waals surface area contributed by atoms with Gasteiger partial charge in [-0.1, -0.05) is 51.4 Å². The summed E-state index contributed by atoms with van der Waals surface area (Å²) in [6.07, 6.45) is 11.2. The zero-order valence-electron chi connectivity index (χ0n) is 11.6. The van der Waals surface area contributed by atoms with E-state index in [1.165, 1.54) is 38.5 Å². The van der Waals surface area contributed by atoms with Crippen LogP contribution >= 0.6 is 12.6 Å². The van der Waals surface area contributed by atoms with Crippen LogP contribution in [0.4, 0.5) is 0 Å². The third-order valence-electron chi connectivity index (χ3n) is 2.80. The molecule has 3 nitrogen and oxygen atoms in total. The summed E-state index contributed by atoms with van der Waals surface area (Å²) in [5.41, 5.74) is 0. The van der Waals surface area contributed by atoms with Gasteiger partial charge in [0.15, 0.2) is 0 Å². The molecule has 0 aromatic carbocycles. The molecule has 0 aromatic heterocycles. The van der Waals surface area contributed by atoms with Crippen molar-refractivity contribution < 1.29 is 42.5 Å². The molecule has 0 aliphatic heterocycles. The summed E-state index contributed by atoms with van der Waals surface area (Å²) in [4.78, 5) is 0. The molecular weight excluding hydrogens is 279 g/mol. The molecule has 0 N–H and O–H groups in total. The van der Waals surface area contributed by atoms with E-state index < -0.39 is 10.1 Å². The minimum Gasteiger partial charge on any atom is -0.748 e. The molecule has 0 unspecified atom stereocenters. The molecule has 18 heavy (non-hydrogen) atoms. The van der Waals surface area contributed by atoms with Crippen LogP contribution in [0.1, 0.15) is 64.2 Å². The van der Waals surface area contributed by atoms with Crippen LogP contribution in [0, 0.1) is 0 Å². The SMILES string of the molecule is O=S(=O)([O-])CCCCCCCCCCCCS.[Na+]. The molecule has 0 rings (SSSR count). The molecule has 0 aromatic rings.